The lowest BCUT2D eigenvalue weighted by Crippen LogP contribution is -2.34. The molecular weight excluding hydrogens is 895 g/mol. The molecule has 18 heteroatoms. The zero-order valence-corrected chi connectivity index (χ0v) is 38.0. The first kappa shape index (κ1) is 48.4. The normalized spacial score (nSPS) is 16.2. The van der Waals surface area contributed by atoms with Crippen molar-refractivity contribution in [2.45, 2.75) is 71.2 Å². The number of sulfone groups is 1. The minimum Gasteiger partial charge on any atom is -0.384 e. The molecule has 1 atom stereocenters. The number of amides is 1. The summed E-state index contributed by atoms with van der Waals surface area (Å²) < 4.78 is 103. The Balaban J connectivity index is 1.10. The molecule has 4 aromatic rings. The van der Waals surface area contributed by atoms with Gasteiger partial charge in [0.2, 0.25) is 0 Å². The van der Waals surface area contributed by atoms with Gasteiger partial charge >= 0.3 is 5.51 Å². The number of ether oxygens (including phenoxy) is 1. The van der Waals surface area contributed by atoms with Crippen LogP contribution in [-0.4, -0.2) is 97.4 Å². The molecule has 4 aromatic carbocycles. The number of benzene rings is 4. The summed E-state index contributed by atoms with van der Waals surface area (Å²) in [6, 6.07) is 25.3. The van der Waals surface area contributed by atoms with Crippen LogP contribution in [0.4, 0.5) is 24.5 Å². The van der Waals surface area contributed by atoms with E-state index in [0.29, 0.717) is 68.3 Å². The van der Waals surface area contributed by atoms with Crippen LogP contribution in [0.15, 0.2) is 117 Å². The Hall–Kier alpha value is -4.10. The molecule has 1 aliphatic heterocycles. The van der Waals surface area contributed by atoms with Crippen molar-refractivity contribution in [3.63, 3.8) is 0 Å². The van der Waals surface area contributed by atoms with Gasteiger partial charge in [0.1, 0.15) is 4.90 Å². The van der Waals surface area contributed by atoms with Crippen molar-refractivity contribution in [3.05, 3.63) is 119 Å². The summed E-state index contributed by atoms with van der Waals surface area (Å²) in [6.45, 7) is 5.16. The summed E-state index contributed by atoms with van der Waals surface area (Å²) in [7, 11) is -10.9. The lowest BCUT2D eigenvalue weighted by Gasteiger charge is -2.26. The van der Waals surface area contributed by atoms with Gasteiger partial charge in [-0.2, -0.15) is 13.2 Å². The fourth-order valence-electron chi connectivity index (χ4n) is 7.48. The number of carbonyl (C=O) groups excluding carboxylic acids is 1. The molecule has 1 heterocycles. The topological polar surface area (TPSA) is 146 Å². The first-order valence-corrected chi connectivity index (χ1v) is 25.3. The minimum atomic E-state index is -6.05. The smallest absolute Gasteiger partial charge is 0.384 e. The second-order valence-electron chi connectivity index (χ2n) is 15.4. The summed E-state index contributed by atoms with van der Waals surface area (Å²) in [4.78, 5) is 14.2. The number of rotatable bonds is 19. The van der Waals surface area contributed by atoms with Crippen LogP contribution in [0.25, 0.3) is 5.57 Å². The zero-order chi connectivity index (χ0) is 44.9. The van der Waals surface area contributed by atoms with Crippen LogP contribution in [0, 0.1) is 0 Å². The van der Waals surface area contributed by atoms with Crippen LogP contribution in [0.3, 0.4) is 0 Å². The standard InChI is InChI=1S/C45H53ClF3N5O6S3/c46-36-16-12-33(13-17-36)41-11-6-1-3-8-35(41)31-50-23-24-51-37-18-14-34(15-19-37)44(55)53-63(58,59)40-20-21-42(43(30-40)62(56,57)45(47,48)49)52-38(32-61-39-9-4-2-5-10-39)22-26-54-25-7-28-60-29-27-54/h2,4-5,9-10,12-21,30,38,50-52H,1,3,6-8,11,22-29,31-32H2,(H,53,55)/t38-/m1/s1. The number of nitrogens with zero attached hydrogens (tertiary/aromatic N) is 1. The molecule has 11 nitrogen and oxygen atoms in total. The van der Waals surface area contributed by atoms with Crippen molar-refractivity contribution in [1.82, 2.24) is 14.9 Å². The second kappa shape index (κ2) is 22.7. The maximum atomic E-state index is 14.1. The second-order valence-corrected chi connectivity index (χ2v) is 20.6. The van der Waals surface area contributed by atoms with E-state index in [0.717, 1.165) is 62.2 Å². The molecule has 0 unspecified atom stereocenters. The third kappa shape index (κ3) is 13.9. The number of thioether (sulfide) groups is 1. The maximum absolute atomic E-state index is 14.1. The van der Waals surface area contributed by atoms with Gasteiger partial charge in [0.05, 0.1) is 17.2 Å². The minimum absolute atomic E-state index is 0.0339. The molecule has 0 spiro atoms. The summed E-state index contributed by atoms with van der Waals surface area (Å²) in [5.74, 6) is -0.678. The molecule has 0 aromatic heterocycles. The lowest BCUT2D eigenvalue weighted by atomic mass is 9.96. The Kier molecular flexibility index (Phi) is 17.4. The van der Waals surface area contributed by atoms with Crippen molar-refractivity contribution in [1.29, 1.82) is 0 Å². The molecule has 1 amide bonds. The molecule has 340 valence electrons. The first-order chi connectivity index (χ1) is 30.2. The SMILES string of the molecule is O=C(NS(=O)(=O)c1ccc(N[C@H](CCN2CCCOCC2)CSc2ccccc2)c(S(=O)(=O)C(F)(F)F)c1)c1ccc(NCCNCC2=C(c3ccc(Cl)cc3)CCCCC2)cc1. The number of allylic oxidation sites excluding steroid dienone is 1. The monoisotopic (exact) mass is 947 g/mol. The van der Waals surface area contributed by atoms with Crippen LogP contribution < -0.4 is 20.7 Å². The molecular formula is C45H53ClF3N5O6S3. The van der Waals surface area contributed by atoms with Gasteiger partial charge in [-0.25, -0.2) is 21.6 Å². The van der Waals surface area contributed by atoms with E-state index >= 15 is 0 Å². The highest BCUT2D eigenvalue weighted by Gasteiger charge is 2.48. The Bertz CT molecular complexity index is 2380. The summed E-state index contributed by atoms with van der Waals surface area (Å²) >= 11 is 7.57. The Labute approximate surface area is 377 Å². The summed E-state index contributed by atoms with van der Waals surface area (Å²) in [6.07, 6.45) is 6.79. The molecule has 0 radical (unpaired) electrons. The van der Waals surface area contributed by atoms with Crippen LogP contribution >= 0.6 is 23.4 Å². The van der Waals surface area contributed by atoms with Crippen LogP contribution in [-0.2, 0) is 24.6 Å². The van der Waals surface area contributed by atoms with E-state index < -0.39 is 52.8 Å². The fourth-order valence-corrected chi connectivity index (χ4v) is 10.6. The highest BCUT2D eigenvalue weighted by molar-refractivity contribution is 7.99. The van der Waals surface area contributed by atoms with Crippen LogP contribution in [0.5, 0.6) is 0 Å². The molecule has 0 bridgehead atoms. The predicted molar refractivity (Wildman–Crippen MR) is 245 cm³/mol. The van der Waals surface area contributed by atoms with Gasteiger partial charge < -0.3 is 25.6 Å². The third-order valence-electron chi connectivity index (χ3n) is 10.9. The number of alkyl halides is 3. The number of hydrogen-bond donors (Lipinski definition) is 4. The van der Waals surface area contributed by atoms with E-state index in [-0.39, 0.29) is 5.56 Å². The number of anilines is 2. The fraction of sp³-hybridized carbons (Fsp3) is 0.400. The summed E-state index contributed by atoms with van der Waals surface area (Å²) in [5.41, 5.74) is -1.55. The van der Waals surface area contributed by atoms with Crippen molar-refractivity contribution in [2.24, 2.45) is 0 Å². The maximum Gasteiger partial charge on any atom is 0.501 e. The van der Waals surface area contributed by atoms with Gasteiger partial charge in [0, 0.05) is 78.8 Å². The molecule has 63 heavy (non-hydrogen) atoms. The van der Waals surface area contributed by atoms with Gasteiger partial charge in [0.25, 0.3) is 25.8 Å². The predicted octanol–water partition coefficient (Wildman–Crippen LogP) is 8.86. The Morgan fingerprint density at radius 3 is 2.33 bits per heavy atom. The number of halogens is 4. The van der Waals surface area contributed by atoms with Gasteiger partial charge in [-0.3, -0.25) is 4.79 Å². The zero-order valence-electron chi connectivity index (χ0n) is 34.8. The summed E-state index contributed by atoms with van der Waals surface area (Å²) in [5, 5.41) is 10.5. The van der Waals surface area contributed by atoms with E-state index in [4.69, 9.17) is 16.3 Å². The van der Waals surface area contributed by atoms with Crippen molar-refractivity contribution in [3.8, 4) is 0 Å². The van der Waals surface area contributed by atoms with Crippen molar-refractivity contribution < 1.29 is 39.5 Å². The number of carbonyl (C=O) groups is 1. The van der Waals surface area contributed by atoms with Crippen molar-refractivity contribution in [2.75, 3.05) is 68.9 Å². The van der Waals surface area contributed by atoms with Crippen LogP contribution in [0.1, 0.15) is 60.9 Å². The van der Waals surface area contributed by atoms with Gasteiger partial charge in [-0.15, -0.1) is 11.8 Å². The largest absolute Gasteiger partial charge is 0.501 e. The van der Waals surface area contributed by atoms with Crippen molar-refractivity contribution >= 4 is 66.1 Å². The van der Waals surface area contributed by atoms with E-state index in [2.05, 4.69) is 33.0 Å². The van der Waals surface area contributed by atoms with Gasteiger partial charge in [-0.1, -0.05) is 53.9 Å². The average Bonchev–Trinajstić information content (AvgIpc) is 3.68. The van der Waals surface area contributed by atoms with E-state index in [1.54, 1.807) is 12.1 Å². The third-order valence-corrected chi connectivity index (χ3v) is 15.2. The highest BCUT2D eigenvalue weighted by Crippen LogP contribution is 2.37. The molecule has 2 aliphatic rings. The van der Waals surface area contributed by atoms with Gasteiger partial charge in [0.15, 0.2) is 0 Å². The Morgan fingerprint density at radius 2 is 1.59 bits per heavy atom. The number of nitrogens with one attached hydrogen (secondary N) is 4. The van der Waals surface area contributed by atoms with E-state index in [1.165, 1.54) is 47.0 Å². The van der Waals surface area contributed by atoms with E-state index in [9.17, 15) is 34.8 Å². The lowest BCUT2D eigenvalue weighted by molar-refractivity contribution is -0.0435. The van der Waals surface area contributed by atoms with Crippen LogP contribution in [0.2, 0.25) is 5.02 Å². The highest BCUT2D eigenvalue weighted by atomic mass is 35.5. The molecule has 1 saturated heterocycles. The van der Waals surface area contributed by atoms with Gasteiger partial charge in [-0.05, 0) is 116 Å². The molecule has 1 fully saturated rings. The molecule has 0 saturated carbocycles. The Morgan fingerprint density at radius 1 is 0.841 bits per heavy atom. The number of sulfonamides is 1. The molecule has 4 N–H and O–H groups in total. The first-order valence-electron chi connectivity index (χ1n) is 21.0. The van der Waals surface area contributed by atoms with E-state index in [1.807, 2.05) is 47.2 Å². The number of hydrogen-bond acceptors (Lipinski definition) is 11. The molecule has 6 rings (SSSR count). The quantitative estimate of drug-likeness (QED) is 0.0529. The average molecular weight is 949 g/mol. The molecule has 1 aliphatic carbocycles.